The van der Waals surface area contributed by atoms with Crippen molar-refractivity contribution in [2.24, 2.45) is 0 Å². The fraction of sp³-hybridized carbons (Fsp3) is 0.571. The van der Waals surface area contributed by atoms with Gasteiger partial charge >= 0.3 is 12.0 Å². The van der Waals surface area contributed by atoms with Crippen LogP contribution in [-0.2, 0) is 4.79 Å². The third kappa shape index (κ3) is 3.68. The Balaban J connectivity index is 2.11. The van der Waals surface area contributed by atoms with E-state index >= 15 is 0 Å². The quantitative estimate of drug-likeness (QED) is 0.886. The van der Waals surface area contributed by atoms with Crippen LogP contribution in [0.5, 0.6) is 0 Å². The van der Waals surface area contributed by atoms with E-state index in [1.807, 2.05) is 0 Å². The monoisotopic (exact) mass is 292 g/mol. The second-order valence-corrected chi connectivity index (χ2v) is 5.47. The van der Waals surface area contributed by atoms with Crippen molar-refractivity contribution in [2.75, 3.05) is 12.4 Å². The molecule has 1 fully saturated rings. The number of nitrogens with zero attached hydrogens (tertiary/aromatic N) is 3. The van der Waals surface area contributed by atoms with Crippen LogP contribution >= 0.6 is 0 Å². The molecule has 1 aromatic rings. The highest BCUT2D eigenvalue weighted by Crippen LogP contribution is 2.36. The molecule has 2 amide bonds. The average molecular weight is 292 g/mol. The number of carboxylic acids is 1. The molecule has 0 saturated heterocycles. The van der Waals surface area contributed by atoms with E-state index in [1.165, 1.54) is 23.6 Å². The topological polar surface area (TPSA) is 95.4 Å². The molecule has 21 heavy (non-hydrogen) atoms. The Morgan fingerprint density at radius 1 is 1.29 bits per heavy atom. The van der Waals surface area contributed by atoms with Gasteiger partial charge in [-0.05, 0) is 12.8 Å². The lowest BCUT2D eigenvalue weighted by Crippen LogP contribution is -2.53. The molecule has 0 spiro atoms. The van der Waals surface area contributed by atoms with Crippen LogP contribution in [0, 0.1) is 0 Å². The van der Waals surface area contributed by atoms with Gasteiger partial charge in [0.25, 0.3) is 0 Å². The number of hydrogen-bond donors (Lipinski definition) is 2. The minimum absolute atomic E-state index is 0.0256. The van der Waals surface area contributed by atoms with Gasteiger partial charge in [-0.3, -0.25) is 4.79 Å². The third-order valence-corrected chi connectivity index (χ3v) is 4.09. The van der Waals surface area contributed by atoms with E-state index in [2.05, 4.69) is 15.3 Å². The van der Waals surface area contributed by atoms with E-state index < -0.39 is 11.5 Å². The van der Waals surface area contributed by atoms with Gasteiger partial charge < -0.3 is 15.3 Å². The number of amides is 2. The molecule has 2 rings (SSSR count). The lowest BCUT2D eigenvalue weighted by atomic mass is 9.78. The van der Waals surface area contributed by atoms with Gasteiger partial charge in [0, 0.05) is 7.05 Å². The largest absolute Gasteiger partial charge is 0.481 e. The highest BCUT2D eigenvalue weighted by atomic mass is 16.4. The summed E-state index contributed by atoms with van der Waals surface area (Å²) in [5.41, 5.74) is -0.111. The van der Waals surface area contributed by atoms with Crippen molar-refractivity contribution in [1.82, 2.24) is 14.9 Å². The maximum Gasteiger partial charge on any atom is 0.322 e. The van der Waals surface area contributed by atoms with E-state index in [9.17, 15) is 14.7 Å². The third-order valence-electron chi connectivity index (χ3n) is 4.09. The highest BCUT2D eigenvalue weighted by molar-refractivity contribution is 5.89. The fourth-order valence-electron chi connectivity index (χ4n) is 2.91. The van der Waals surface area contributed by atoms with Gasteiger partial charge in [0.15, 0.2) is 0 Å². The van der Waals surface area contributed by atoms with Crippen molar-refractivity contribution in [3.8, 4) is 0 Å². The molecule has 0 aromatic carbocycles. The number of aromatic nitrogens is 2. The minimum Gasteiger partial charge on any atom is -0.481 e. The van der Waals surface area contributed by atoms with Crippen molar-refractivity contribution < 1.29 is 14.7 Å². The Bertz CT molecular complexity index is 500. The Morgan fingerprint density at radius 3 is 2.48 bits per heavy atom. The number of rotatable bonds is 4. The SMILES string of the molecule is CN(C(=O)Nc1cncnc1)C1(CC(=O)O)CCCCC1. The van der Waals surface area contributed by atoms with Crippen molar-refractivity contribution in [1.29, 1.82) is 0 Å². The maximum absolute atomic E-state index is 12.4. The first kappa shape index (κ1) is 15.2. The molecule has 2 N–H and O–H groups in total. The molecule has 1 aromatic heterocycles. The van der Waals surface area contributed by atoms with Crippen molar-refractivity contribution in [3.63, 3.8) is 0 Å². The molecule has 0 aliphatic heterocycles. The second-order valence-electron chi connectivity index (χ2n) is 5.47. The van der Waals surface area contributed by atoms with Crippen LogP contribution in [0.4, 0.5) is 10.5 Å². The Kier molecular flexibility index (Phi) is 4.72. The number of nitrogens with one attached hydrogen (secondary N) is 1. The molecular weight excluding hydrogens is 272 g/mol. The maximum atomic E-state index is 12.4. The molecule has 1 aliphatic rings. The number of anilines is 1. The summed E-state index contributed by atoms with van der Waals surface area (Å²) in [6.07, 6.45) is 8.77. The van der Waals surface area contributed by atoms with Gasteiger partial charge in [-0.25, -0.2) is 14.8 Å². The van der Waals surface area contributed by atoms with Gasteiger partial charge in [0.05, 0.1) is 30.0 Å². The zero-order valence-electron chi connectivity index (χ0n) is 12.1. The number of aliphatic carboxylic acids is 1. The fourth-order valence-corrected chi connectivity index (χ4v) is 2.91. The molecular formula is C14H20N4O3. The first-order valence-electron chi connectivity index (χ1n) is 7.05. The predicted octanol–water partition coefficient (Wildman–Crippen LogP) is 2.12. The zero-order valence-corrected chi connectivity index (χ0v) is 12.1. The molecule has 0 bridgehead atoms. The first-order valence-corrected chi connectivity index (χ1v) is 7.05. The van der Waals surface area contributed by atoms with Crippen LogP contribution in [0.1, 0.15) is 38.5 Å². The van der Waals surface area contributed by atoms with Gasteiger partial charge in [-0.1, -0.05) is 19.3 Å². The van der Waals surface area contributed by atoms with Gasteiger partial charge in [-0.15, -0.1) is 0 Å². The van der Waals surface area contributed by atoms with Crippen LogP contribution in [0.15, 0.2) is 18.7 Å². The zero-order chi connectivity index (χ0) is 15.3. The van der Waals surface area contributed by atoms with Gasteiger partial charge in [0.2, 0.25) is 0 Å². The molecule has 7 nitrogen and oxygen atoms in total. The molecule has 0 unspecified atom stereocenters. The van der Waals surface area contributed by atoms with Crippen LogP contribution in [0.25, 0.3) is 0 Å². The molecule has 7 heteroatoms. The number of carboxylic acid groups (broad SMARTS) is 1. The first-order chi connectivity index (χ1) is 10.0. The Morgan fingerprint density at radius 2 is 1.90 bits per heavy atom. The van der Waals surface area contributed by atoms with E-state index in [1.54, 1.807) is 7.05 Å². The van der Waals surface area contributed by atoms with E-state index in [0.29, 0.717) is 18.5 Å². The van der Waals surface area contributed by atoms with Gasteiger partial charge in [0.1, 0.15) is 6.33 Å². The molecule has 1 heterocycles. The van der Waals surface area contributed by atoms with E-state index in [0.717, 1.165) is 19.3 Å². The predicted molar refractivity (Wildman–Crippen MR) is 76.9 cm³/mol. The summed E-state index contributed by atoms with van der Waals surface area (Å²) in [5.74, 6) is -0.875. The Labute approximate surface area is 123 Å². The lowest BCUT2D eigenvalue weighted by Gasteiger charge is -2.43. The number of carbonyl (C=O) groups is 2. The van der Waals surface area contributed by atoms with Crippen molar-refractivity contribution >= 4 is 17.7 Å². The van der Waals surface area contributed by atoms with Crippen LogP contribution < -0.4 is 5.32 Å². The van der Waals surface area contributed by atoms with Gasteiger partial charge in [-0.2, -0.15) is 0 Å². The molecule has 114 valence electrons. The minimum atomic E-state index is -0.875. The standard InChI is InChI=1S/C14H20N4O3/c1-18(13(21)17-11-8-15-10-16-9-11)14(7-12(19)20)5-3-2-4-6-14/h8-10H,2-7H2,1H3,(H,17,21)(H,19,20). The van der Waals surface area contributed by atoms with E-state index in [-0.39, 0.29) is 12.5 Å². The normalized spacial score (nSPS) is 17.0. The summed E-state index contributed by atoms with van der Waals surface area (Å²) < 4.78 is 0. The van der Waals surface area contributed by atoms with Crippen LogP contribution in [0.3, 0.4) is 0 Å². The molecule has 0 radical (unpaired) electrons. The van der Waals surface area contributed by atoms with Crippen LogP contribution in [0.2, 0.25) is 0 Å². The molecule has 1 aliphatic carbocycles. The smallest absolute Gasteiger partial charge is 0.322 e. The highest BCUT2D eigenvalue weighted by Gasteiger charge is 2.40. The number of hydrogen-bond acceptors (Lipinski definition) is 4. The van der Waals surface area contributed by atoms with Crippen molar-refractivity contribution in [2.45, 2.75) is 44.1 Å². The van der Waals surface area contributed by atoms with Crippen LogP contribution in [-0.4, -0.2) is 44.6 Å². The summed E-state index contributed by atoms with van der Waals surface area (Å²) in [7, 11) is 1.66. The molecule has 1 saturated carbocycles. The van der Waals surface area contributed by atoms with E-state index in [4.69, 9.17) is 0 Å². The number of carbonyl (C=O) groups excluding carboxylic acids is 1. The summed E-state index contributed by atoms with van der Waals surface area (Å²) in [4.78, 5) is 32.8. The Hall–Kier alpha value is -2.18. The van der Waals surface area contributed by atoms with Crippen molar-refractivity contribution in [3.05, 3.63) is 18.7 Å². The second kappa shape index (κ2) is 6.51. The average Bonchev–Trinajstić information content (AvgIpc) is 2.47. The summed E-state index contributed by atoms with van der Waals surface area (Å²) in [6.45, 7) is 0. The summed E-state index contributed by atoms with van der Waals surface area (Å²) >= 11 is 0. The summed E-state index contributed by atoms with van der Waals surface area (Å²) in [5, 5.41) is 11.9. The number of urea groups is 1. The lowest BCUT2D eigenvalue weighted by molar-refractivity contribution is -0.140. The molecule has 0 atom stereocenters. The summed E-state index contributed by atoms with van der Waals surface area (Å²) in [6, 6.07) is -0.326.